The predicted octanol–water partition coefficient (Wildman–Crippen LogP) is 7.73. The Morgan fingerprint density at radius 1 is 0.841 bits per heavy atom. The summed E-state index contributed by atoms with van der Waals surface area (Å²) >= 11 is 0. The molecule has 0 aliphatic heterocycles. The number of nitrogens with zero attached hydrogens (tertiary/aromatic N) is 2. The molecule has 0 radical (unpaired) electrons. The Balaban J connectivity index is 1.80. The first-order valence-electron chi connectivity index (χ1n) is 16.0. The van der Waals surface area contributed by atoms with Crippen LogP contribution in [0.4, 0.5) is 0 Å². The van der Waals surface area contributed by atoms with Gasteiger partial charge in [-0.3, -0.25) is 9.36 Å². The third-order valence-electron chi connectivity index (χ3n) is 7.97. The molecule has 1 unspecified atom stereocenters. The molecular weight excluding hydrogens is 548 g/mol. The first-order valence-corrected chi connectivity index (χ1v) is 16.0. The summed E-state index contributed by atoms with van der Waals surface area (Å²) in [4.78, 5) is 32.0. The predicted molar refractivity (Wildman–Crippen MR) is 176 cm³/mol. The van der Waals surface area contributed by atoms with E-state index >= 15 is 0 Å². The molecule has 0 fully saturated rings. The third-order valence-corrected chi connectivity index (χ3v) is 7.97. The van der Waals surface area contributed by atoms with E-state index in [1.54, 1.807) is 4.57 Å². The number of aryl methyl sites for hydroxylation is 4. The molecule has 6 heteroatoms. The monoisotopic (exact) mass is 594 g/mol. The highest BCUT2D eigenvalue weighted by Crippen LogP contribution is 2.34. The van der Waals surface area contributed by atoms with Gasteiger partial charge in [0, 0.05) is 17.5 Å². The van der Waals surface area contributed by atoms with Gasteiger partial charge in [0.1, 0.15) is 11.6 Å². The summed E-state index contributed by atoms with van der Waals surface area (Å²) in [6.07, 6.45) is 5.81. The molecule has 0 N–H and O–H groups in total. The van der Waals surface area contributed by atoms with Crippen molar-refractivity contribution in [3.05, 3.63) is 128 Å². The quantitative estimate of drug-likeness (QED) is 0.132. The van der Waals surface area contributed by atoms with Gasteiger partial charge in [-0.05, 0) is 54.9 Å². The number of unbranched alkanes of at least 4 members (excludes halogenated alkanes) is 1. The summed E-state index contributed by atoms with van der Waals surface area (Å²) in [5.41, 5.74) is 6.64. The molecule has 0 aliphatic carbocycles. The zero-order valence-electron chi connectivity index (χ0n) is 26.9. The van der Waals surface area contributed by atoms with Crippen LogP contribution in [0.15, 0.2) is 77.6 Å². The molecular formula is C38H46N2O4. The van der Waals surface area contributed by atoms with Crippen LogP contribution in [0.1, 0.15) is 97.5 Å². The van der Waals surface area contributed by atoms with Gasteiger partial charge < -0.3 is 9.47 Å². The molecule has 1 aromatic heterocycles. The van der Waals surface area contributed by atoms with E-state index in [4.69, 9.17) is 14.5 Å². The van der Waals surface area contributed by atoms with Gasteiger partial charge in [-0.2, -0.15) is 0 Å². The smallest absolute Gasteiger partial charge is 0.351 e. The Morgan fingerprint density at radius 2 is 1.45 bits per heavy atom. The lowest BCUT2D eigenvalue weighted by molar-refractivity contribution is -0.149. The molecule has 1 heterocycles. The maximum Gasteiger partial charge on any atom is 0.351 e. The van der Waals surface area contributed by atoms with Crippen LogP contribution >= 0.6 is 0 Å². The van der Waals surface area contributed by atoms with E-state index in [-0.39, 0.29) is 5.56 Å². The van der Waals surface area contributed by atoms with Crippen molar-refractivity contribution in [1.82, 2.24) is 9.55 Å². The second-order valence-corrected chi connectivity index (χ2v) is 11.4. The fourth-order valence-electron chi connectivity index (χ4n) is 5.74. The molecule has 6 nitrogen and oxygen atoms in total. The number of hydrogen-bond acceptors (Lipinski definition) is 5. The van der Waals surface area contributed by atoms with Crippen LogP contribution in [0.3, 0.4) is 0 Å². The van der Waals surface area contributed by atoms with Crippen molar-refractivity contribution in [3.8, 4) is 5.75 Å². The average molecular weight is 595 g/mol. The van der Waals surface area contributed by atoms with Gasteiger partial charge in [-0.1, -0.05) is 113 Å². The van der Waals surface area contributed by atoms with E-state index < -0.39 is 12.1 Å². The lowest BCUT2D eigenvalue weighted by atomic mass is 9.94. The van der Waals surface area contributed by atoms with Crippen molar-refractivity contribution < 1.29 is 14.3 Å². The standard InChI is InChI=1S/C38H46N2O4/c1-6-9-22-34-33(37(41)40(27(4)39-34)26-28-18-12-10-13-19-28)25-29-23-31(16-7-2)35(32(24-29)17-8-3)44-36(38(42)43-5)30-20-14-11-15-21-30/h10-15,18-21,23-24,36H,6-9,16-17,22,25-26H2,1-5H3. The van der Waals surface area contributed by atoms with E-state index in [0.29, 0.717) is 13.0 Å². The van der Waals surface area contributed by atoms with Crippen molar-refractivity contribution in [2.75, 3.05) is 7.11 Å². The number of aromatic nitrogens is 2. The molecule has 0 bridgehead atoms. The topological polar surface area (TPSA) is 70.4 Å². The number of methoxy groups -OCH3 is 1. The van der Waals surface area contributed by atoms with Gasteiger partial charge in [-0.15, -0.1) is 0 Å². The first-order chi connectivity index (χ1) is 21.4. The van der Waals surface area contributed by atoms with E-state index in [2.05, 4.69) is 32.9 Å². The minimum absolute atomic E-state index is 0.0247. The van der Waals surface area contributed by atoms with Crippen molar-refractivity contribution >= 4 is 5.97 Å². The van der Waals surface area contributed by atoms with Crippen LogP contribution in [-0.4, -0.2) is 22.6 Å². The third kappa shape index (κ3) is 8.04. The normalized spacial score (nSPS) is 11.8. The molecule has 4 aromatic rings. The molecule has 0 spiro atoms. The average Bonchev–Trinajstić information content (AvgIpc) is 3.04. The van der Waals surface area contributed by atoms with Crippen molar-refractivity contribution in [3.63, 3.8) is 0 Å². The highest BCUT2D eigenvalue weighted by atomic mass is 16.6. The number of rotatable bonds is 15. The SMILES string of the molecule is CCCCc1nc(C)n(Cc2ccccc2)c(=O)c1Cc1cc(CCC)c(OC(C(=O)OC)c2ccccc2)c(CCC)c1. The number of carbonyl (C=O) groups is 1. The highest BCUT2D eigenvalue weighted by molar-refractivity contribution is 5.77. The molecule has 3 aromatic carbocycles. The lowest BCUT2D eigenvalue weighted by Crippen LogP contribution is -2.30. The van der Waals surface area contributed by atoms with E-state index in [1.165, 1.54) is 7.11 Å². The van der Waals surface area contributed by atoms with Crippen LogP contribution < -0.4 is 10.3 Å². The second-order valence-electron chi connectivity index (χ2n) is 11.4. The molecule has 0 aliphatic rings. The lowest BCUT2D eigenvalue weighted by Gasteiger charge is -2.23. The van der Waals surface area contributed by atoms with Gasteiger partial charge in [-0.25, -0.2) is 9.78 Å². The van der Waals surface area contributed by atoms with Crippen LogP contribution in [0.2, 0.25) is 0 Å². The minimum Gasteiger partial charge on any atom is -0.473 e. The van der Waals surface area contributed by atoms with E-state index in [9.17, 15) is 9.59 Å². The maximum atomic E-state index is 14.1. The van der Waals surface area contributed by atoms with Gasteiger partial charge in [0.15, 0.2) is 0 Å². The fourth-order valence-corrected chi connectivity index (χ4v) is 5.74. The van der Waals surface area contributed by atoms with Crippen LogP contribution in [-0.2, 0) is 41.8 Å². The first kappa shape index (κ1) is 32.7. The molecule has 4 rings (SSSR count). The Morgan fingerprint density at radius 3 is 2.02 bits per heavy atom. The molecule has 0 saturated carbocycles. The largest absolute Gasteiger partial charge is 0.473 e. The van der Waals surface area contributed by atoms with Crippen LogP contribution in [0.25, 0.3) is 0 Å². The number of carbonyl (C=O) groups excluding carboxylic acids is 1. The number of esters is 1. The Kier molecular flexibility index (Phi) is 11.9. The molecule has 0 amide bonds. The number of ether oxygens (including phenoxy) is 2. The minimum atomic E-state index is -0.870. The molecule has 232 valence electrons. The summed E-state index contributed by atoms with van der Waals surface area (Å²) in [5.74, 6) is 1.05. The Labute approximate surface area is 262 Å². The maximum absolute atomic E-state index is 14.1. The second kappa shape index (κ2) is 16.0. The van der Waals surface area contributed by atoms with Crippen LogP contribution in [0, 0.1) is 6.92 Å². The van der Waals surface area contributed by atoms with Crippen molar-refractivity contribution in [1.29, 1.82) is 0 Å². The van der Waals surface area contributed by atoms with Gasteiger partial charge in [0.25, 0.3) is 5.56 Å². The fraction of sp³-hybridized carbons (Fsp3) is 0.395. The Hall–Kier alpha value is -4.19. The Bertz CT molecular complexity index is 1550. The zero-order chi connectivity index (χ0) is 31.5. The van der Waals surface area contributed by atoms with E-state index in [1.807, 2.05) is 67.6 Å². The number of hydrogen-bond donors (Lipinski definition) is 0. The molecule has 1 atom stereocenters. The van der Waals surface area contributed by atoms with Gasteiger partial charge in [0.05, 0.1) is 19.3 Å². The van der Waals surface area contributed by atoms with Crippen molar-refractivity contribution in [2.24, 2.45) is 0 Å². The number of benzene rings is 3. The summed E-state index contributed by atoms with van der Waals surface area (Å²) in [6.45, 7) is 8.86. The van der Waals surface area contributed by atoms with Crippen molar-refractivity contribution in [2.45, 2.75) is 91.7 Å². The molecule has 44 heavy (non-hydrogen) atoms. The van der Waals surface area contributed by atoms with Crippen LogP contribution in [0.5, 0.6) is 5.75 Å². The summed E-state index contributed by atoms with van der Waals surface area (Å²) in [6, 6.07) is 23.9. The van der Waals surface area contributed by atoms with Gasteiger partial charge >= 0.3 is 5.97 Å². The van der Waals surface area contributed by atoms with E-state index in [0.717, 1.165) is 95.6 Å². The molecule has 0 saturated heterocycles. The highest BCUT2D eigenvalue weighted by Gasteiger charge is 2.26. The summed E-state index contributed by atoms with van der Waals surface area (Å²) in [7, 11) is 1.39. The summed E-state index contributed by atoms with van der Waals surface area (Å²) < 4.78 is 13.5. The summed E-state index contributed by atoms with van der Waals surface area (Å²) in [5, 5.41) is 0. The zero-order valence-corrected chi connectivity index (χ0v) is 26.9. The van der Waals surface area contributed by atoms with Gasteiger partial charge in [0.2, 0.25) is 6.10 Å².